The third-order valence-corrected chi connectivity index (χ3v) is 5.92. The number of rotatable bonds is 12. The fraction of sp³-hybridized carbons (Fsp3) is 0.462. The first-order valence-electron chi connectivity index (χ1n) is 11.9. The quantitative estimate of drug-likeness (QED) is 0.516. The fourth-order valence-electron chi connectivity index (χ4n) is 4.02. The predicted octanol–water partition coefficient (Wildman–Crippen LogP) is 3.51. The topological polar surface area (TPSA) is 73.9 Å². The van der Waals surface area contributed by atoms with Crippen molar-refractivity contribution in [3.05, 3.63) is 59.7 Å². The molecule has 0 unspecified atom stereocenters. The number of anilines is 2. The highest BCUT2D eigenvalue weighted by Crippen LogP contribution is 2.27. The summed E-state index contributed by atoms with van der Waals surface area (Å²) in [7, 11) is 0. The second-order valence-corrected chi connectivity index (χ2v) is 8.24. The molecular weight excluding hydrogens is 416 g/mol. The maximum atomic E-state index is 13.1. The molecule has 7 nitrogen and oxygen atoms in total. The third kappa shape index (κ3) is 7.58. The lowest BCUT2D eigenvalue weighted by molar-refractivity contribution is -0.121. The largest absolute Gasteiger partial charge is 0.371 e. The zero-order chi connectivity index (χ0) is 23.5. The van der Waals surface area contributed by atoms with Gasteiger partial charge in [-0.05, 0) is 49.7 Å². The summed E-state index contributed by atoms with van der Waals surface area (Å²) in [6.07, 6.45) is 2.25. The summed E-state index contributed by atoms with van der Waals surface area (Å²) >= 11 is 0. The number of amides is 2. The predicted molar refractivity (Wildman–Crippen MR) is 133 cm³/mol. The van der Waals surface area contributed by atoms with Gasteiger partial charge in [-0.25, -0.2) is 0 Å². The SMILES string of the molecule is CCN(CC)CCNC(=O)c1cc(NC(=O)COCc2ccccc2)ccc1N1CCCC1. The van der Waals surface area contributed by atoms with Gasteiger partial charge in [-0.2, -0.15) is 0 Å². The molecule has 2 amide bonds. The summed E-state index contributed by atoms with van der Waals surface area (Å²) in [4.78, 5) is 30.0. The van der Waals surface area contributed by atoms with Gasteiger partial charge in [0.2, 0.25) is 5.91 Å². The van der Waals surface area contributed by atoms with Crippen molar-refractivity contribution < 1.29 is 14.3 Å². The summed E-state index contributed by atoms with van der Waals surface area (Å²) in [5.41, 5.74) is 3.13. The van der Waals surface area contributed by atoms with E-state index >= 15 is 0 Å². The highest BCUT2D eigenvalue weighted by atomic mass is 16.5. The highest BCUT2D eigenvalue weighted by molar-refractivity contribution is 6.02. The summed E-state index contributed by atoms with van der Waals surface area (Å²) in [6, 6.07) is 15.3. The number of likely N-dealkylation sites (N-methyl/N-ethyl adjacent to an activating group) is 1. The van der Waals surface area contributed by atoms with Crippen LogP contribution in [0.2, 0.25) is 0 Å². The Labute approximate surface area is 197 Å². The molecule has 0 saturated carbocycles. The Morgan fingerprint density at radius 1 is 1.03 bits per heavy atom. The summed E-state index contributed by atoms with van der Waals surface area (Å²) in [6.45, 7) is 9.77. The first-order valence-corrected chi connectivity index (χ1v) is 11.9. The Morgan fingerprint density at radius 3 is 2.45 bits per heavy atom. The van der Waals surface area contributed by atoms with Crippen molar-refractivity contribution in [1.82, 2.24) is 10.2 Å². The van der Waals surface area contributed by atoms with Crippen molar-refractivity contribution >= 4 is 23.2 Å². The minimum Gasteiger partial charge on any atom is -0.371 e. The van der Waals surface area contributed by atoms with Crippen LogP contribution in [-0.2, 0) is 16.1 Å². The molecule has 0 bridgehead atoms. The zero-order valence-electron chi connectivity index (χ0n) is 19.8. The Hall–Kier alpha value is -2.90. The first-order chi connectivity index (χ1) is 16.1. The van der Waals surface area contributed by atoms with E-state index in [0.29, 0.717) is 24.4 Å². The lowest BCUT2D eigenvalue weighted by Crippen LogP contribution is -2.35. The van der Waals surface area contributed by atoms with Crippen molar-refractivity contribution in [3.63, 3.8) is 0 Å². The zero-order valence-corrected chi connectivity index (χ0v) is 19.8. The number of hydrogen-bond donors (Lipinski definition) is 2. The van der Waals surface area contributed by atoms with E-state index in [1.807, 2.05) is 42.5 Å². The van der Waals surface area contributed by atoms with E-state index in [2.05, 4.69) is 34.3 Å². The van der Waals surface area contributed by atoms with E-state index in [1.165, 1.54) is 0 Å². The molecule has 33 heavy (non-hydrogen) atoms. The van der Waals surface area contributed by atoms with E-state index in [-0.39, 0.29) is 18.4 Å². The molecule has 1 heterocycles. The minimum absolute atomic E-state index is 0.0474. The van der Waals surface area contributed by atoms with Crippen LogP contribution in [0.3, 0.4) is 0 Å². The van der Waals surface area contributed by atoms with Gasteiger partial charge in [0.05, 0.1) is 12.2 Å². The van der Waals surface area contributed by atoms with Gasteiger partial charge in [0.25, 0.3) is 5.91 Å². The van der Waals surface area contributed by atoms with E-state index in [0.717, 1.165) is 56.8 Å². The standard InChI is InChI=1S/C26H36N4O3/c1-3-29(4-2)17-14-27-26(32)23-18-22(12-13-24(23)30-15-8-9-16-30)28-25(31)20-33-19-21-10-6-5-7-11-21/h5-7,10-13,18H,3-4,8-9,14-17,19-20H2,1-2H3,(H,27,32)(H,28,31). The number of carbonyl (C=O) groups excluding carboxylic acids is 2. The minimum atomic E-state index is -0.243. The summed E-state index contributed by atoms with van der Waals surface area (Å²) in [5, 5.41) is 5.91. The van der Waals surface area contributed by atoms with E-state index < -0.39 is 0 Å². The maximum absolute atomic E-state index is 13.1. The molecule has 1 aliphatic rings. The molecule has 0 spiro atoms. The summed E-state index contributed by atoms with van der Waals surface area (Å²) < 4.78 is 5.53. The second-order valence-electron chi connectivity index (χ2n) is 8.24. The third-order valence-electron chi connectivity index (χ3n) is 5.92. The van der Waals surface area contributed by atoms with Gasteiger partial charge in [-0.15, -0.1) is 0 Å². The molecule has 2 aromatic carbocycles. The molecule has 7 heteroatoms. The van der Waals surface area contributed by atoms with Crippen LogP contribution in [0.25, 0.3) is 0 Å². The number of nitrogens with zero attached hydrogens (tertiary/aromatic N) is 2. The molecule has 0 aliphatic carbocycles. The molecule has 0 aromatic heterocycles. The average molecular weight is 453 g/mol. The van der Waals surface area contributed by atoms with Crippen molar-refractivity contribution in [2.24, 2.45) is 0 Å². The smallest absolute Gasteiger partial charge is 0.253 e. The van der Waals surface area contributed by atoms with Gasteiger partial charge in [-0.1, -0.05) is 44.2 Å². The average Bonchev–Trinajstić information content (AvgIpc) is 3.37. The fourth-order valence-corrected chi connectivity index (χ4v) is 4.02. The molecule has 1 saturated heterocycles. The molecular formula is C26H36N4O3. The van der Waals surface area contributed by atoms with Crippen LogP contribution in [0, 0.1) is 0 Å². The molecule has 0 atom stereocenters. The Kier molecular flexibility index (Phi) is 9.72. The molecule has 178 valence electrons. The van der Waals surface area contributed by atoms with E-state index in [9.17, 15) is 9.59 Å². The van der Waals surface area contributed by atoms with Crippen LogP contribution in [0.15, 0.2) is 48.5 Å². The monoisotopic (exact) mass is 452 g/mol. The Bertz CT molecular complexity index is 894. The van der Waals surface area contributed by atoms with Crippen LogP contribution in [0.4, 0.5) is 11.4 Å². The van der Waals surface area contributed by atoms with Crippen molar-refractivity contribution in [2.45, 2.75) is 33.3 Å². The number of benzene rings is 2. The highest BCUT2D eigenvalue weighted by Gasteiger charge is 2.20. The maximum Gasteiger partial charge on any atom is 0.253 e. The van der Waals surface area contributed by atoms with Crippen LogP contribution < -0.4 is 15.5 Å². The second kappa shape index (κ2) is 13.0. The van der Waals surface area contributed by atoms with Crippen LogP contribution in [-0.4, -0.2) is 62.6 Å². The summed E-state index contributed by atoms with van der Waals surface area (Å²) in [5.74, 6) is -0.353. The number of hydrogen-bond acceptors (Lipinski definition) is 5. The molecule has 3 rings (SSSR count). The van der Waals surface area contributed by atoms with Crippen LogP contribution in [0.1, 0.15) is 42.6 Å². The lowest BCUT2D eigenvalue weighted by Gasteiger charge is -2.23. The molecule has 1 fully saturated rings. The van der Waals surface area contributed by atoms with Gasteiger partial charge >= 0.3 is 0 Å². The van der Waals surface area contributed by atoms with Gasteiger partial charge in [0, 0.05) is 37.6 Å². The molecule has 0 radical (unpaired) electrons. The van der Waals surface area contributed by atoms with E-state index in [4.69, 9.17) is 4.74 Å². The molecule has 1 aliphatic heterocycles. The van der Waals surface area contributed by atoms with Crippen molar-refractivity contribution in [2.75, 3.05) is 56.1 Å². The van der Waals surface area contributed by atoms with Gasteiger partial charge in [0.1, 0.15) is 6.61 Å². The number of ether oxygens (including phenoxy) is 1. The number of carbonyl (C=O) groups is 2. The Balaban J connectivity index is 1.62. The first kappa shape index (κ1) is 24.7. The van der Waals surface area contributed by atoms with Gasteiger partial charge < -0.3 is 25.2 Å². The van der Waals surface area contributed by atoms with Crippen LogP contribution in [0.5, 0.6) is 0 Å². The van der Waals surface area contributed by atoms with Crippen molar-refractivity contribution in [1.29, 1.82) is 0 Å². The lowest BCUT2D eigenvalue weighted by atomic mass is 10.1. The van der Waals surface area contributed by atoms with Gasteiger partial charge in [0.15, 0.2) is 0 Å². The van der Waals surface area contributed by atoms with Gasteiger partial charge in [-0.3, -0.25) is 9.59 Å². The number of nitrogens with one attached hydrogen (secondary N) is 2. The van der Waals surface area contributed by atoms with E-state index in [1.54, 1.807) is 6.07 Å². The Morgan fingerprint density at radius 2 is 1.76 bits per heavy atom. The molecule has 2 aromatic rings. The van der Waals surface area contributed by atoms with Crippen molar-refractivity contribution in [3.8, 4) is 0 Å². The normalized spacial score (nSPS) is 13.4. The van der Waals surface area contributed by atoms with Crippen LogP contribution >= 0.6 is 0 Å². The molecule has 2 N–H and O–H groups in total.